The molecule has 0 atom stereocenters. The second-order valence-corrected chi connectivity index (χ2v) is 6.82. The summed E-state index contributed by atoms with van der Waals surface area (Å²) in [4.78, 5) is 0. The van der Waals surface area contributed by atoms with Crippen molar-refractivity contribution in [2.24, 2.45) is 0 Å². The molecule has 2 rings (SSSR count). The van der Waals surface area contributed by atoms with Crippen molar-refractivity contribution in [1.82, 2.24) is 4.31 Å². The van der Waals surface area contributed by atoms with E-state index >= 15 is 0 Å². The van der Waals surface area contributed by atoms with Crippen molar-refractivity contribution < 1.29 is 8.42 Å². The molecular weight excluding hydrogens is 304 g/mol. The standard InChI is InChI=1S/C11H15BrN2O2S/c1-9-6-10(12)8-11(7-9)13-17(15,16)14-4-2-3-5-14/h6-8,13H,2-5H2,1H3. The fraction of sp³-hybridized carbons (Fsp3) is 0.455. The molecule has 1 aromatic rings. The Hall–Kier alpha value is -0.590. The minimum absolute atomic E-state index is 0.601. The van der Waals surface area contributed by atoms with Crippen LogP contribution in [0.3, 0.4) is 0 Å². The molecule has 94 valence electrons. The Morgan fingerprint density at radius 3 is 2.47 bits per heavy atom. The summed E-state index contributed by atoms with van der Waals surface area (Å²) in [5, 5.41) is 0. The highest BCUT2D eigenvalue weighted by molar-refractivity contribution is 9.10. The lowest BCUT2D eigenvalue weighted by Gasteiger charge is -2.17. The van der Waals surface area contributed by atoms with Crippen LogP contribution in [0.4, 0.5) is 5.69 Å². The van der Waals surface area contributed by atoms with Gasteiger partial charge in [0.1, 0.15) is 0 Å². The van der Waals surface area contributed by atoms with Gasteiger partial charge in [-0.2, -0.15) is 12.7 Å². The highest BCUT2D eigenvalue weighted by Gasteiger charge is 2.25. The molecule has 1 N–H and O–H groups in total. The first-order valence-electron chi connectivity index (χ1n) is 5.52. The van der Waals surface area contributed by atoms with Gasteiger partial charge in [-0.15, -0.1) is 0 Å². The van der Waals surface area contributed by atoms with Crippen molar-refractivity contribution in [3.8, 4) is 0 Å². The zero-order valence-corrected chi connectivity index (χ0v) is 12.0. The molecular formula is C11H15BrN2O2S. The molecule has 1 aromatic carbocycles. The third-order valence-corrected chi connectivity index (χ3v) is 4.69. The monoisotopic (exact) mass is 318 g/mol. The molecule has 0 spiro atoms. The number of halogens is 1. The van der Waals surface area contributed by atoms with E-state index in [1.54, 1.807) is 6.07 Å². The van der Waals surface area contributed by atoms with Crippen molar-refractivity contribution in [3.05, 3.63) is 28.2 Å². The fourth-order valence-electron chi connectivity index (χ4n) is 1.94. The highest BCUT2D eigenvalue weighted by Crippen LogP contribution is 2.22. The smallest absolute Gasteiger partial charge is 0.271 e. The lowest BCUT2D eigenvalue weighted by atomic mass is 10.2. The molecule has 0 bridgehead atoms. The van der Waals surface area contributed by atoms with E-state index in [-0.39, 0.29) is 0 Å². The van der Waals surface area contributed by atoms with Crippen molar-refractivity contribution in [3.63, 3.8) is 0 Å². The number of hydrogen-bond acceptors (Lipinski definition) is 2. The maximum Gasteiger partial charge on any atom is 0.301 e. The van der Waals surface area contributed by atoms with Gasteiger partial charge in [-0.05, 0) is 43.5 Å². The number of aryl methyl sites for hydroxylation is 1. The van der Waals surface area contributed by atoms with E-state index in [4.69, 9.17) is 0 Å². The maximum absolute atomic E-state index is 12.0. The van der Waals surface area contributed by atoms with Crippen molar-refractivity contribution in [2.45, 2.75) is 19.8 Å². The molecule has 0 saturated carbocycles. The van der Waals surface area contributed by atoms with E-state index in [9.17, 15) is 8.42 Å². The molecule has 0 aliphatic carbocycles. The van der Waals surface area contributed by atoms with Crippen LogP contribution in [0.25, 0.3) is 0 Å². The summed E-state index contributed by atoms with van der Waals surface area (Å²) in [7, 11) is -3.38. The topological polar surface area (TPSA) is 49.4 Å². The zero-order chi connectivity index (χ0) is 12.5. The van der Waals surface area contributed by atoms with Gasteiger partial charge in [0, 0.05) is 17.6 Å². The van der Waals surface area contributed by atoms with Crippen LogP contribution in [0.1, 0.15) is 18.4 Å². The lowest BCUT2D eigenvalue weighted by molar-refractivity contribution is 0.482. The average molecular weight is 319 g/mol. The van der Waals surface area contributed by atoms with Crippen LogP contribution in [0.5, 0.6) is 0 Å². The predicted octanol–water partition coefficient (Wildman–Crippen LogP) is 2.51. The minimum atomic E-state index is -3.38. The van der Waals surface area contributed by atoms with E-state index in [2.05, 4.69) is 20.7 Å². The SMILES string of the molecule is Cc1cc(Br)cc(NS(=O)(=O)N2CCCC2)c1. The maximum atomic E-state index is 12.0. The first-order valence-corrected chi connectivity index (χ1v) is 7.76. The van der Waals surface area contributed by atoms with Crippen LogP contribution < -0.4 is 4.72 Å². The van der Waals surface area contributed by atoms with Crippen LogP contribution in [0.2, 0.25) is 0 Å². The van der Waals surface area contributed by atoms with Crippen LogP contribution in [0, 0.1) is 6.92 Å². The second-order valence-electron chi connectivity index (χ2n) is 4.23. The van der Waals surface area contributed by atoms with Gasteiger partial charge in [0.25, 0.3) is 0 Å². The molecule has 4 nitrogen and oxygen atoms in total. The van der Waals surface area contributed by atoms with Crippen molar-refractivity contribution in [1.29, 1.82) is 0 Å². The Balaban J connectivity index is 2.19. The quantitative estimate of drug-likeness (QED) is 0.931. The highest BCUT2D eigenvalue weighted by atomic mass is 79.9. The Kier molecular flexibility index (Phi) is 3.75. The van der Waals surface area contributed by atoms with Crippen LogP contribution >= 0.6 is 15.9 Å². The van der Waals surface area contributed by atoms with Crippen molar-refractivity contribution in [2.75, 3.05) is 17.8 Å². The molecule has 0 amide bonds. The Morgan fingerprint density at radius 2 is 1.88 bits per heavy atom. The summed E-state index contributed by atoms with van der Waals surface area (Å²) in [6, 6.07) is 5.52. The molecule has 1 heterocycles. The van der Waals surface area contributed by atoms with Gasteiger partial charge in [-0.1, -0.05) is 15.9 Å². The summed E-state index contributed by atoms with van der Waals surface area (Å²) >= 11 is 3.36. The fourth-order valence-corrected chi connectivity index (χ4v) is 3.83. The molecule has 6 heteroatoms. The predicted molar refractivity (Wildman–Crippen MR) is 72.2 cm³/mol. The molecule has 0 radical (unpaired) electrons. The van der Waals surface area contributed by atoms with Gasteiger partial charge < -0.3 is 0 Å². The van der Waals surface area contributed by atoms with Gasteiger partial charge in [-0.3, -0.25) is 4.72 Å². The van der Waals surface area contributed by atoms with E-state index in [1.165, 1.54) is 4.31 Å². The molecule has 1 aliphatic rings. The number of anilines is 1. The number of nitrogens with zero attached hydrogens (tertiary/aromatic N) is 1. The Morgan fingerprint density at radius 1 is 1.24 bits per heavy atom. The molecule has 1 saturated heterocycles. The van der Waals surface area contributed by atoms with E-state index in [1.807, 2.05) is 19.1 Å². The van der Waals surface area contributed by atoms with Gasteiger partial charge in [0.15, 0.2) is 0 Å². The molecule has 0 aromatic heterocycles. The van der Waals surface area contributed by atoms with Gasteiger partial charge >= 0.3 is 10.2 Å². The summed E-state index contributed by atoms with van der Waals surface area (Å²) in [6.07, 6.45) is 1.89. The van der Waals surface area contributed by atoms with Crippen LogP contribution in [0.15, 0.2) is 22.7 Å². The summed E-state index contributed by atoms with van der Waals surface area (Å²) in [5.74, 6) is 0. The van der Waals surface area contributed by atoms with E-state index in [0.29, 0.717) is 18.8 Å². The van der Waals surface area contributed by atoms with E-state index in [0.717, 1.165) is 22.9 Å². The first kappa shape index (κ1) is 12.9. The normalized spacial score (nSPS) is 17.3. The first-order chi connectivity index (χ1) is 7.97. The number of rotatable bonds is 3. The Labute approximate surface area is 110 Å². The number of benzene rings is 1. The summed E-state index contributed by atoms with van der Waals surface area (Å²) < 4.78 is 29.0. The third kappa shape index (κ3) is 3.20. The summed E-state index contributed by atoms with van der Waals surface area (Å²) in [5.41, 5.74) is 1.61. The van der Waals surface area contributed by atoms with Gasteiger partial charge in [0.05, 0.1) is 5.69 Å². The largest absolute Gasteiger partial charge is 0.301 e. The third-order valence-electron chi connectivity index (χ3n) is 2.69. The van der Waals surface area contributed by atoms with Crippen molar-refractivity contribution >= 4 is 31.8 Å². The molecule has 1 aliphatic heterocycles. The summed E-state index contributed by atoms with van der Waals surface area (Å²) in [6.45, 7) is 3.16. The van der Waals surface area contributed by atoms with E-state index < -0.39 is 10.2 Å². The number of nitrogens with one attached hydrogen (secondary N) is 1. The zero-order valence-electron chi connectivity index (χ0n) is 9.61. The number of hydrogen-bond donors (Lipinski definition) is 1. The van der Waals surface area contributed by atoms with Gasteiger partial charge in [-0.25, -0.2) is 0 Å². The Bertz CT molecular complexity index is 490. The average Bonchev–Trinajstić information content (AvgIpc) is 2.67. The minimum Gasteiger partial charge on any atom is -0.271 e. The van der Waals surface area contributed by atoms with Gasteiger partial charge in [0.2, 0.25) is 0 Å². The molecule has 0 unspecified atom stereocenters. The van der Waals surface area contributed by atoms with Crippen LogP contribution in [-0.4, -0.2) is 25.8 Å². The lowest BCUT2D eigenvalue weighted by Crippen LogP contribution is -2.33. The molecule has 1 fully saturated rings. The second kappa shape index (κ2) is 4.96. The molecule has 17 heavy (non-hydrogen) atoms. The van der Waals surface area contributed by atoms with Crippen LogP contribution in [-0.2, 0) is 10.2 Å².